The molecule has 0 aliphatic carbocycles. The van der Waals surface area contributed by atoms with Gasteiger partial charge in [-0.1, -0.05) is 18.5 Å². The summed E-state index contributed by atoms with van der Waals surface area (Å²) in [6.07, 6.45) is 0.941. The van der Waals surface area contributed by atoms with E-state index in [0.29, 0.717) is 5.02 Å². The summed E-state index contributed by atoms with van der Waals surface area (Å²) in [5, 5.41) is 3.87. The first-order valence-corrected chi connectivity index (χ1v) is 5.77. The normalized spacial score (nSPS) is 13.2. The van der Waals surface area contributed by atoms with Crippen molar-refractivity contribution in [2.45, 2.75) is 26.3 Å². The van der Waals surface area contributed by atoms with Crippen LogP contribution < -0.4 is 5.32 Å². The second-order valence-electron chi connectivity index (χ2n) is 3.87. The van der Waals surface area contributed by atoms with Crippen LogP contribution in [0.3, 0.4) is 0 Å². The van der Waals surface area contributed by atoms with Gasteiger partial charge in [0.25, 0.3) is 0 Å². The zero-order chi connectivity index (χ0) is 11.7. The first-order valence-electron chi connectivity index (χ1n) is 5.39. The largest absolute Gasteiger partial charge is 0.439 e. The van der Waals surface area contributed by atoms with E-state index in [1.165, 1.54) is 0 Å². The quantitative estimate of drug-likeness (QED) is 0.890. The Balaban J connectivity index is 2.55. The van der Waals surface area contributed by atoms with Gasteiger partial charge in [0.15, 0.2) is 5.58 Å². The minimum absolute atomic E-state index is 0.158. The number of fused-ring (bicyclic) bond motifs is 1. The average Bonchev–Trinajstić information content (AvgIpc) is 2.63. The third kappa shape index (κ3) is 1.93. The summed E-state index contributed by atoms with van der Waals surface area (Å²) in [7, 11) is 1.91. The highest BCUT2D eigenvalue weighted by Gasteiger charge is 2.15. The molecule has 3 nitrogen and oxygen atoms in total. The van der Waals surface area contributed by atoms with Crippen molar-refractivity contribution >= 4 is 22.7 Å². The Hall–Kier alpha value is -1.06. The molecule has 16 heavy (non-hydrogen) atoms. The van der Waals surface area contributed by atoms with E-state index in [1.807, 2.05) is 26.1 Å². The summed E-state index contributed by atoms with van der Waals surface area (Å²) in [6, 6.07) is 3.88. The molecule has 0 saturated carbocycles. The zero-order valence-corrected chi connectivity index (χ0v) is 10.4. The van der Waals surface area contributed by atoms with E-state index in [4.69, 9.17) is 16.0 Å². The lowest BCUT2D eigenvalue weighted by Crippen LogP contribution is -2.15. The fourth-order valence-electron chi connectivity index (χ4n) is 1.83. The molecule has 1 N–H and O–H groups in total. The van der Waals surface area contributed by atoms with Crippen LogP contribution in [0.5, 0.6) is 0 Å². The van der Waals surface area contributed by atoms with E-state index in [1.54, 1.807) is 0 Å². The number of halogens is 1. The van der Waals surface area contributed by atoms with Gasteiger partial charge in [-0.3, -0.25) is 0 Å². The van der Waals surface area contributed by atoms with Crippen LogP contribution >= 0.6 is 11.6 Å². The molecule has 1 atom stereocenters. The Kier molecular flexibility index (Phi) is 3.17. The topological polar surface area (TPSA) is 38.1 Å². The van der Waals surface area contributed by atoms with Gasteiger partial charge in [-0.2, -0.15) is 0 Å². The van der Waals surface area contributed by atoms with Crippen molar-refractivity contribution in [2.75, 3.05) is 7.05 Å². The summed E-state index contributed by atoms with van der Waals surface area (Å²) >= 11 is 5.98. The maximum atomic E-state index is 5.98. The number of hydrogen-bond donors (Lipinski definition) is 1. The first-order chi connectivity index (χ1) is 7.65. The molecular weight excluding hydrogens is 224 g/mol. The standard InChI is InChI=1S/C12H15ClN2O/c1-4-9(14-3)12-15-10-6-8(13)5-7(2)11(10)16-12/h5-6,9,14H,4H2,1-3H3. The van der Waals surface area contributed by atoms with Crippen molar-refractivity contribution in [2.24, 2.45) is 0 Å². The molecule has 86 valence electrons. The van der Waals surface area contributed by atoms with Crippen molar-refractivity contribution in [1.29, 1.82) is 0 Å². The lowest BCUT2D eigenvalue weighted by molar-refractivity contribution is 0.426. The predicted molar refractivity (Wildman–Crippen MR) is 65.8 cm³/mol. The second kappa shape index (κ2) is 4.44. The van der Waals surface area contributed by atoms with Gasteiger partial charge in [-0.25, -0.2) is 4.98 Å². The Morgan fingerprint density at radius 2 is 2.25 bits per heavy atom. The third-order valence-electron chi connectivity index (χ3n) is 2.71. The van der Waals surface area contributed by atoms with Gasteiger partial charge in [-0.05, 0) is 38.1 Å². The first kappa shape index (κ1) is 11.4. The van der Waals surface area contributed by atoms with Gasteiger partial charge in [0.1, 0.15) is 5.52 Å². The highest BCUT2D eigenvalue weighted by Crippen LogP contribution is 2.27. The Morgan fingerprint density at radius 3 is 2.88 bits per heavy atom. The molecule has 0 spiro atoms. The zero-order valence-electron chi connectivity index (χ0n) is 9.67. The minimum Gasteiger partial charge on any atom is -0.439 e. The molecular formula is C12H15ClN2O. The molecule has 1 aromatic heterocycles. The van der Waals surface area contributed by atoms with Gasteiger partial charge in [0.2, 0.25) is 5.89 Å². The molecule has 0 bridgehead atoms. The highest BCUT2D eigenvalue weighted by atomic mass is 35.5. The summed E-state index contributed by atoms with van der Waals surface area (Å²) in [5.41, 5.74) is 2.68. The van der Waals surface area contributed by atoms with Crippen LogP contribution in [0.2, 0.25) is 5.02 Å². The summed E-state index contributed by atoms with van der Waals surface area (Å²) < 4.78 is 5.77. The molecule has 0 radical (unpaired) electrons. The van der Waals surface area contributed by atoms with Crippen LogP contribution in [0.25, 0.3) is 11.1 Å². The van der Waals surface area contributed by atoms with Gasteiger partial charge < -0.3 is 9.73 Å². The van der Waals surface area contributed by atoms with Crippen molar-refractivity contribution in [3.8, 4) is 0 Å². The van der Waals surface area contributed by atoms with Gasteiger partial charge in [0, 0.05) is 5.02 Å². The number of aryl methyl sites for hydroxylation is 1. The van der Waals surface area contributed by atoms with Crippen LogP contribution in [0.1, 0.15) is 30.8 Å². The summed E-state index contributed by atoms with van der Waals surface area (Å²) in [6.45, 7) is 4.07. The Bertz CT molecular complexity index is 503. The molecule has 0 fully saturated rings. The van der Waals surface area contributed by atoms with E-state index in [-0.39, 0.29) is 6.04 Å². The van der Waals surface area contributed by atoms with Gasteiger partial charge in [-0.15, -0.1) is 0 Å². The van der Waals surface area contributed by atoms with Crippen molar-refractivity contribution in [3.63, 3.8) is 0 Å². The second-order valence-corrected chi connectivity index (χ2v) is 4.31. The molecule has 4 heteroatoms. The number of hydrogen-bond acceptors (Lipinski definition) is 3. The fourth-order valence-corrected chi connectivity index (χ4v) is 2.09. The number of nitrogens with zero attached hydrogens (tertiary/aromatic N) is 1. The number of nitrogens with one attached hydrogen (secondary N) is 1. The van der Waals surface area contributed by atoms with Crippen LogP contribution in [0.15, 0.2) is 16.5 Å². The number of aromatic nitrogens is 1. The Labute approximate surface area is 99.8 Å². The Morgan fingerprint density at radius 1 is 1.50 bits per heavy atom. The van der Waals surface area contributed by atoms with Crippen LogP contribution in [-0.2, 0) is 0 Å². The lowest BCUT2D eigenvalue weighted by Gasteiger charge is -2.07. The van der Waals surface area contributed by atoms with Crippen molar-refractivity contribution in [3.05, 3.63) is 28.6 Å². The number of rotatable bonds is 3. The molecule has 0 amide bonds. The third-order valence-corrected chi connectivity index (χ3v) is 2.93. The van der Waals surface area contributed by atoms with Crippen molar-refractivity contribution in [1.82, 2.24) is 10.3 Å². The average molecular weight is 239 g/mol. The number of benzene rings is 1. The molecule has 0 aliphatic rings. The molecule has 0 saturated heterocycles. The van der Waals surface area contributed by atoms with Gasteiger partial charge >= 0.3 is 0 Å². The molecule has 1 aromatic carbocycles. The summed E-state index contributed by atoms with van der Waals surface area (Å²) in [4.78, 5) is 4.46. The van der Waals surface area contributed by atoms with E-state index < -0.39 is 0 Å². The highest BCUT2D eigenvalue weighted by molar-refractivity contribution is 6.31. The predicted octanol–water partition coefficient (Wildman–Crippen LogP) is 3.46. The fraction of sp³-hybridized carbons (Fsp3) is 0.417. The molecule has 2 rings (SSSR count). The molecule has 2 aromatic rings. The molecule has 1 heterocycles. The van der Waals surface area contributed by atoms with E-state index >= 15 is 0 Å². The van der Waals surface area contributed by atoms with Crippen LogP contribution in [0, 0.1) is 6.92 Å². The molecule has 0 aliphatic heterocycles. The van der Waals surface area contributed by atoms with E-state index in [2.05, 4.69) is 17.2 Å². The van der Waals surface area contributed by atoms with Crippen LogP contribution in [-0.4, -0.2) is 12.0 Å². The van der Waals surface area contributed by atoms with Crippen LogP contribution in [0.4, 0.5) is 0 Å². The molecule has 1 unspecified atom stereocenters. The number of oxazole rings is 1. The SMILES string of the molecule is CCC(NC)c1nc2cc(Cl)cc(C)c2o1. The maximum Gasteiger partial charge on any atom is 0.212 e. The van der Waals surface area contributed by atoms with Gasteiger partial charge in [0.05, 0.1) is 6.04 Å². The monoisotopic (exact) mass is 238 g/mol. The van der Waals surface area contributed by atoms with E-state index in [0.717, 1.165) is 29.0 Å². The maximum absolute atomic E-state index is 5.98. The van der Waals surface area contributed by atoms with Crippen molar-refractivity contribution < 1.29 is 4.42 Å². The lowest BCUT2D eigenvalue weighted by atomic mass is 10.2. The summed E-state index contributed by atoms with van der Waals surface area (Å²) in [5.74, 6) is 0.727. The minimum atomic E-state index is 0.158. The van der Waals surface area contributed by atoms with E-state index in [9.17, 15) is 0 Å². The smallest absolute Gasteiger partial charge is 0.212 e.